The van der Waals surface area contributed by atoms with Crippen molar-refractivity contribution in [1.82, 2.24) is 4.90 Å². The number of piperidine rings is 1. The summed E-state index contributed by atoms with van der Waals surface area (Å²) in [4.78, 5) is 13.7. The maximum absolute atomic E-state index is 11.2. The molecule has 2 aromatic rings. The van der Waals surface area contributed by atoms with E-state index in [1.807, 2.05) is 4.90 Å². The predicted molar refractivity (Wildman–Crippen MR) is 123 cm³/mol. The van der Waals surface area contributed by atoms with E-state index >= 15 is 0 Å². The normalized spacial score (nSPS) is 15.1. The van der Waals surface area contributed by atoms with Gasteiger partial charge in [-0.15, -0.1) is 11.3 Å². The number of likely N-dealkylation sites (tertiary alicyclic amines) is 1. The molecule has 0 saturated carbocycles. The number of carboxylic acids is 1. The highest BCUT2D eigenvalue weighted by Crippen LogP contribution is 2.45. The van der Waals surface area contributed by atoms with E-state index in [1.54, 1.807) is 36.7 Å². The zero-order chi connectivity index (χ0) is 21.1. The van der Waals surface area contributed by atoms with Gasteiger partial charge >= 0.3 is 5.97 Å². The van der Waals surface area contributed by atoms with E-state index in [2.05, 4.69) is 5.10 Å². The van der Waals surface area contributed by atoms with Crippen LogP contribution in [0, 0.1) is 5.92 Å². The van der Waals surface area contributed by atoms with Crippen LogP contribution in [-0.4, -0.2) is 45.5 Å². The molecule has 0 spiro atoms. The van der Waals surface area contributed by atoms with Gasteiger partial charge in [-0.2, -0.15) is 5.10 Å². The molecule has 0 amide bonds. The molecular formula is C19H19Cl2N3O3S2. The standard InChI is InChI=1S/C19H19Cl2N3O3S2/c1-2-22-24(19(28)23-7-5-11(6-8-23)18(26)27)15-10-29-17(16(15)25)12-3-4-13(20)14(21)9-12/h2-4,9-11,25H,5-8H2,1H3,(H,26,27). The van der Waals surface area contributed by atoms with Crippen molar-refractivity contribution in [3.05, 3.63) is 33.6 Å². The molecule has 154 valence electrons. The average Bonchev–Trinajstić information content (AvgIpc) is 3.09. The van der Waals surface area contributed by atoms with Gasteiger partial charge in [0.15, 0.2) is 10.9 Å². The fourth-order valence-corrected chi connectivity index (χ4v) is 4.66. The summed E-state index contributed by atoms with van der Waals surface area (Å²) in [5.74, 6) is -1.09. The highest BCUT2D eigenvalue weighted by molar-refractivity contribution is 7.80. The van der Waals surface area contributed by atoms with E-state index < -0.39 is 5.97 Å². The molecule has 6 nitrogen and oxygen atoms in total. The maximum Gasteiger partial charge on any atom is 0.306 e. The van der Waals surface area contributed by atoms with Crippen molar-refractivity contribution in [3.63, 3.8) is 0 Å². The van der Waals surface area contributed by atoms with Gasteiger partial charge in [0.2, 0.25) is 0 Å². The van der Waals surface area contributed by atoms with E-state index in [1.165, 1.54) is 16.3 Å². The van der Waals surface area contributed by atoms with Gasteiger partial charge in [-0.1, -0.05) is 29.3 Å². The lowest BCUT2D eigenvalue weighted by Crippen LogP contribution is -2.45. The molecule has 1 aromatic heterocycles. The second kappa shape index (κ2) is 9.30. The van der Waals surface area contributed by atoms with Crippen molar-refractivity contribution >= 4 is 69.7 Å². The van der Waals surface area contributed by atoms with Crippen LogP contribution in [0.3, 0.4) is 0 Å². The van der Waals surface area contributed by atoms with Crippen LogP contribution in [0.2, 0.25) is 10.0 Å². The Labute approximate surface area is 188 Å². The van der Waals surface area contributed by atoms with Gasteiger partial charge in [0.25, 0.3) is 0 Å². The van der Waals surface area contributed by atoms with Gasteiger partial charge in [-0.3, -0.25) is 4.79 Å². The molecular weight excluding hydrogens is 453 g/mol. The average molecular weight is 472 g/mol. The van der Waals surface area contributed by atoms with Crippen molar-refractivity contribution < 1.29 is 15.0 Å². The first-order valence-corrected chi connectivity index (χ1v) is 10.9. The van der Waals surface area contributed by atoms with Gasteiger partial charge in [-0.05, 0) is 49.7 Å². The molecule has 2 heterocycles. The van der Waals surface area contributed by atoms with Crippen molar-refractivity contribution in [2.24, 2.45) is 11.0 Å². The summed E-state index contributed by atoms with van der Waals surface area (Å²) in [5.41, 5.74) is 1.20. The lowest BCUT2D eigenvalue weighted by molar-refractivity contribution is -0.143. The zero-order valence-corrected chi connectivity index (χ0v) is 18.7. The smallest absolute Gasteiger partial charge is 0.306 e. The van der Waals surface area contributed by atoms with Gasteiger partial charge in [0.1, 0.15) is 5.69 Å². The first-order valence-electron chi connectivity index (χ1n) is 8.89. The summed E-state index contributed by atoms with van der Waals surface area (Å²) >= 11 is 19.1. The third-order valence-electron chi connectivity index (χ3n) is 4.68. The molecule has 0 atom stereocenters. The fourth-order valence-electron chi connectivity index (χ4n) is 3.12. The van der Waals surface area contributed by atoms with E-state index in [0.717, 1.165) is 5.56 Å². The summed E-state index contributed by atoms with van der Waals surface area (Å²) < 4.78 is 0. The number of hydrazone groups is 1. The van der Waals surface area contributed by atoms with Gasteiger partial charge in [-0.25, -0.2) is 5.01 Å². The Morgan fingerprint density at radius 1 is 1.34 bits per heavy atom. The number of benzene rings is 1. The van der Waals surface area contributed by atoms with E-state index in [4.69, 9.17) is 35.4 Å². The van der Waals surface area contributed by atoms with Crippen molar-refractivity contribution in [1.29, 1.82) is 0 Å². The Bertz CT molecular complexity index is 956. The highest BCUT2D eigenvalue weighted by atomic mass is 35.5. The van der Waals surface area contributed by atoms with Crippen molar-refractivity contribution in [2.75, 3.05) is 18.1 Å². The Kier molecular flexibility index (Phi) is 7.00. The number of carboxylic acid groups (broad SMARTS) is 1. The minimum Gasteiger partial charge on any atom is -0.504 e. The number of carbonyl (C=O) groups is 1. The number of anilines is 1. The number of nitrogens with zero attached hydrogens (tertiary/aromatic N) is 3. The Morgan fingerprint density at radius 2 is 2.03 bits per heavy atom. The predicted octanol–water partition coefficient (Wildman–Crippen LogP) is 5.32. The third kappa shape index (κ3) is 4.66. The molecule has 0 unspecified atom stereocenters. The number of aromatic hydroxyl groups is 1. The van der Waals surface area contributed by atoms with Crippen LogP contribution in [0.5, 0.6) is 5.75 Å². The number of hydrogen-bond donors (Lipinski definition) is 2. The minimum absolute atomic E-state index is 0.0433. The number of thiophene rings is 1. The third-order valence-corrected chi connectivity index (χ3v) is 6.86. The molecule has 29 heavy (non-hydrogen) atoms. The SMILES string of the molecule is CC=NN(C(=S)N1CCC(C(=O)O)CC1)c1csc(-c2ccc(Cl)c(Cl)c2)c1O. The first-order chi connectivity index (χ1) is 13.8. The second-order valence-electron chi connectivity index (χ2n) is 6.50. The molecule has 0 aliphatic carbocycles. The first kappa shape index (κ1) is 21.8. The van der Waals surface area contributed by atoms with Crippen LogP contribution >= 0.6 is 46.8 Å². The van der Waals surface area contributed by atoms with Crippen LogP contribution in [-0.2, 0) is 4.79 Å². The molecule has 1 aromatic carbocycles. The Hall–Kier alpha value is -1.87. The molecule has 1 aliphatic heterocycles. The number of halogens is 2. The van der Waals surface area contributed by atoms with Gasteiger partial charge < -0.3 is 15.1 Å². The Balaban J connectivity index is 1.86. The molecule has 1 fully saturated rings. The summed E-state index contributed by atoms with van der Waals surface area (Å²) in [5, 5.41) is 28.9. The zero-order valence-electron chi connectivity index (χ0n) is 15.5. The molecule has 0 radical (unpaired) electrons. The van der Waals surface area contributed by atoms with Crippen LogP contribution < -0.4 is 5.01 Å². The number of rotatable bonds is 4. The number of thiocarbonyl (C=S) groups is 1. The summed E-state index contributed by atoms with van der Waals surface area (Å²) in [6.07, 6.45) is 2.62. The van der Waals surface area contributed by atoms with Crippen LogP contribution in [0.4, 0.5) is 5.69 Å². The van der Waals surface area contributed by atoms with Crippen LogP contribution in [0.25, 0.3) is 10.4 Å². The maximum atomic E-state index is 11.2. The molecule has 0 bridgehead atoms. The summed E-state index contributed by atoms with van der Waals surface area (Å²) in [7, 11) is 0. The van der Waals surface area contributed by atoms with E-state index in [9.17, 15) is 15.0 Å². The fraction of sp³-hybridized carbons (Fsp3) is 0.316. The quantitative estimate of drug-likeness (QED) is 0.356. The Morgan fingerprint density at radius 3 is 2.62 bits per heavy atom. The van der Waals surface area contributed by atoms with Crippen LogP contribution in [0.15, 0.2) is 28.7 Å². The lowest BCUT2D eigenvalue weighted by atomic mass is 9.97. The van der Waals surface area contributed by atoms with E-state index in [-0.39, 0.29) is 11.7 Å². The molecule has 10 heteroatoms. The summed E-state index contributed by atoms with van der Waals surface area (Å²) in [6, 6.07) is 5.16. The lowest BCUT2D eigenvalue weighted by Gasteiger charge is -2.35. The number of aliphatic carboxylic acids is 1. The monoisotopic (exact) mass is 471 g/mol. The summed E-state index contributed by atoms with van der Waals surface area (Å²) in [6.45, 7) is 2.81. The van der Waals surface area contributed by atoms with Gasteiger partial charge in [0.05, 0.1) is 20.8 Å². The molecule has 3 rings (SSSR count). The second-order valence-corrected chi connectivity index (χ2v) is 8.55. The van der Waals surface area contributed by atoms with E-state index in [0.29, 0.717) is 51.7 Å². The largest absolute Gasteiger partial charge is 0.504 e. The molecule has 1 saturated heterocycles. The highest BCUT2D eigenvalue weighted by Gasteiger charge is 2.29. The molecule has 2 N–H and O–H groups in total. The van der Waals surface area contributed by atoms with Gasteiger partial charge in [0, 0.05) is 24.7 Å². The molecule has 1 aliphatic rings. The topological polar surface area (TPSA) is 76.4 Å². The minimum atomic E-state index is -0.777. The van der Waals surface area contributed by atoms with Crippen molar-refractivity contribution in [2.45, 2.75) is 19.8 Å². The van der Waals surface area contributed by atoms with Crippen molar-refractivity contribution in [3.8, 4) is 16.2 Å². The number of hydrogen-bond acceptors (Lipinski definition) is 5. The van der Waals surface area contributed by atoms with Crippen LogP contribution in [0.1, 0.15) is 19.8 Å².